The van der Waals surface area contributed by atoms with Crippen LogP contribution in [0.1, 0.15) is 45.7 Å². The lowest BCUT2D eigenvalue weighted by Crippen LogP contribution is -2.32. The maximum absolute atomic E-state index is 12.0. The Bertz CT molecular complexity index is 688. The van der Waals surface area contributed by atoms with Crippen molar-refractivity contribution in [3.63, 3.8) is 0 Å². The summed E-state index contributed by atoms with van der Waals surface area (Å²) in [6.07, 6.45) is 1.11. The van der Waals surface area contributed by atoms with Gasteiger partial charge in [-0.1, -0.05) is 33.8 Å². The third-order valence-corrected chi connectivity index (χ3v) is 4.09. The molecule has 4 heteroatoms. The molecule has 1 aromatic carbocycles. The van der Waals surface area contributed by atoms with E-state index >= 15 is 0 Å². The molecule has 2 aromatic rings. The van der Waals surface area contributed by atoms with Crippen molar-refractivity contribution < 1.29 is 0 Å². The lowest BCUT2D eigenvalue weighted by atomic mass is 9.82. The fourth-order valence-corrected chi connectivity index (χ4v) is 2.92. The van der Waals surface area contributed by atoms with Gasteiger partial charge in [0, 0.05) is 20.1 Å². The Balaban J connectivity index is 2.54. The lowest BCUT2D eigenvalue weighted by molar-refractivity contribution is 0.273. The van der Waals surface area contributed by atoms with Crippen molar-refractivity contribution in [2.75, 3.05) is 6.54 Å². The summed E-state index contributed by atoms with van der Waals surface area (Å²) in [5.41, 5.74) is 3.36. The summed E-state index contributed by atoms with van der Waals surface area (Å²) >= 11 is 0. The summed E-state index contributed by atoms with van der Waals surface area (Å²) in [5, 5.41) is 3.64. The van der Waals surface area contributed by atoms with Crippen LogP contribution in [0, 0.1) is 5.41 Å². The van der Waals surface area contributed by atoms with Crippen LogP contribution >= 0.6 is 0 Å². The molecule has 0 radical (unpaired) electrons. The summed E-state index contributed by atoms with van der Waals surface area (Å²) in [6.45, 7) is 9.90. The highest BCUT2D eigenvalue weighted by atomic mass is 16.1. The zero-order valence-corrected chi connectivity index (χ0v) is 14.0. The quantitative estimate of drug-likeness (QED) is 0.940. The Morgan fingerprint density at radius 3 is 2.33 bits per heavy atom. The van der Waals surface area contributed by atoms with Crippen LogP contribution in [-0.4, -0.2) is 15.7 Å². The van der Waals surface area contributed by atoms with E-state index in [1.165, 1.54) is 5.56 Å². The van der Waals surface area contributed by atoms with Crippen molar-refractivity contribution in [1.82, 2.24) is 14.5 Å². The summed E-state index contributed by atoms with van der Waals surface area (Å²) in [6, 6.07) is 6.62. The van der Waals surface area contributed by atoms with Gasteiger partial charge in [0.2, 0.25) is 0 Å². The monoisotopic (exact) mass is 289 g/mol. The van der Waals surface area contributed by atoms with Gasteiger partial charge in [0.05, 0.1) is 11.0 Å². The van der Waals surface area contributed by atoms with E-state index in [-0.39, 0.29) is 17.1 Å². The van der Waals surface area contributed by atoms with E-state index in [4.69, 9.17) is 0 Å². The van der Waals surface area contributed by atoms with Gasteiger partial charge in [-0.25, -0.2) is 4.79 Å². The molecule has 1 unspecified atom stereocenters. The van der Waals surface area contributed by atoms with Crippen LogP contribution in [0.25, 0.3) is 11.0 Å². The van der Waals surface area contributed by atoms with Crippen LogP contribution in [0.3, 0.4) is 0 Å². The van der Waals surface area contributed by atoms with Crippen LogP contribution < -0.4 is 11.0 Å². The average Bonchev–Trinajstić information content (AvgIpc) is 2.63. The first-order valence-electron chi connectivity index (χ1n) is 7.66. The third kappa shape index (κ3) is 2.91. The van der Waals surface area contributed by atoms with Crippen molar-refractivity contribution >= 4 is 11.0 Å². The normalized spacial score (nSPS) is 13.8. The Hall–Kier alpha value is -1.55. The van der Waals surface area contributed by atoms with Crippen LogP contribution in [0.4, 0.5) is 0 Å². The summed E-state index contributed by atoms with van der Waals surface area (Å²) in [4.78, 5) is 12.0. The van der Waals surface area contributed by atoms with Gasteiger partial charge in [-0.05, 0) is 36.1 Å². The Kier molecular flexibility index (Phi) is 4.28. The molecule has 0 aliphatic carbocycles. The highest BCUT2D eigenvalue weighted by molar-refractivity contribution is 5.77. The molecular weight excluding hydrogens is 262 g/mol. The van der Waals surface area contributed by atoms with Gasteiger partial charge in [-0.3, -0.25) is 9.13 Å². The largest absolute Gasteiger partial charge is 0.328 e. The summed E-state index contributed by atoms with van der Waals surface area (Å²) in [5.74, 6) is 0. The highest BCUT2D eigenvalue weighted by Gasteiger charge is 2.26. The second-order valence-electron chi connectivity index (χ2n) is 6.90. The molecule has 0 saturated carbocycles. The molecule has 0 bridgehead atoms. The van der Waals surface area contributed by atoms with Gasteiger partial charge >= 0.3 is 5.69 Å². The maximum Gasteiger partial charge on any atom is 0.328 e. The molecule has 0 aliphatic rings. The van der Waals surface area contributed by atoms with Crippen molar-refractivity contribution in [3.8, 4) is 0 Å². The number of fused-ring (bicyclic) bond motifs is 1. The number of aromatic nitrogens is 2. The molecule has 0 saturated heterocycles. The maximum atomic E-state index is 12.0. The van der Waals surface area contributed by atoms with Gasteiger partial charge in [0.15, 0.2) is 0 Å². The van der Waals surface area contributed by atoms with Crippen molar-refractivity contribution in [2.45, 2.75) is 40.2 Å². The van der Waals surface area contributed by atoms with Gasteiger partial charge < -0.3 is 5.32 Å². The van der Waals surface area contributed by atoms with Crippen LogP contribution in [0.2, 0.25) is 0 Å². The Labute approximate surface area is 126 Å². The van der Waals surface area contributed by atoms with E-state index in [1.807, 2.05) is 14.1 Å². The SMILES string of the molecule is CCCNC(c1ccc2c(c1)n(C)c(=O)n2C)C(C)(C)C. The summed E-state index contributed by atoms with van der Waals surface area (Å²) < 4.78 is 3.42. The molecule has 2 rings (SSSR count). The zero-order chi connectivity index (χ0) is 15.8. The van der Waals surface area contributed by atoms with E-state index in [9.17, 15) is 4.79 Å². The second kappa shape index (κ2) is 5.68. The smallest absolute Gasteiger partial charge is 0.309 e. The number of hydrogen-bond donors (Lipinski definition) is 1. The number of nitrogens with one attached hydrogen (secondary N) is 1. The molecular formula is C17H27N3O. The molecule has 1 atom stereocenters. The minimum absolute atomic E-state index is 0.0241. The van der Waals surface area contributed by atoms with Crippen LogP contribution in [0.5, 0.6) is 0 Å². The van der Waals surface area contributed by atoms with Gasteiger partial charge in [-0.15, -0.1) is 0 Å². The first-order valence-corrected chi connectivity index (χ1v) is 7.66. The van der Waals surface area contributed by atoms with Crippen molar-refractivity contribution in [1.29, 1.82) is 0 Å². The number of imidazole rings is 1. The average molecular weight is 289 g/mol. The number of rotatable bonds is 4. The molecule has 0 amide bonds. The van der Waals surface area contributed by atoms with E-state index in [0.717, 1.165) is 24.0 Å². The van der Waals surface area contributed by atoms with E-state index in [2.05, 4.69) is 51.2 Å². The Morgan fingerprint density at radius 2 is 1.76 bits per heavy atom. The molecule has 21 heavy (non-hydrogen) atoms. The zero-order valence-electron chi connectivity index (χ0n) is 14.0. The molecule has 0 fully saturated rings. The molecule has 4 nitrogen and oxygen atoms in total. The number of hydrogen-bond acceptors (Lipinski definition) is 2. The molecule has 1 aromatic heterocycles. The molecule has 1 N–H and O–H groups in total. The third-order valence-electron chi connectivity index (χ3n) is 4.09. The lowest BCUT2D eigenvalue weighted by Gasteiger charge is -2.32. The van der Waals surface area contributed by atoms with Crippen molar-refractivity contribution in [2.24, 2.45) is 19.5 Å². The van der Waals surface area contributed by atoms with Gasteiger partial charge in [0.1, 0.15) is 0 Å². The van der Waals surface area contributed by atoms with Gasteiger partial charge in [0.25, 0.3) is 0 Å². The number of nitrogens with zero attached hydrogens (tertiary/aromatic N) is 2. The molecule has 0 spiro atoms. The standard InChI is InChI=1S/C17H27N3O/c1-7-10-18-15(17(2,3)4)12-8-9-13-14(11-12)20(6)16(21)19(13)5/h8-9,11,15,18H,7,10H2,1-6H3. The minimum atomic E-state index is 0.0241. The Morgan fingerprint density at radius 1 is 1.14 bits per heavy atom. The van der Waals surface area contributed by atoms with Crippen LogP contribution in [0.15, 0.2) is 23.0 Å². The predicted octanol–water partition coefficient (Wildman–Crippen LogP) is 2.96. The van der Waals surface area contributed by atoms with Crippen LogP contribution in [-0.2, 0) is 14.1 Å². The predicted molar refractivity (Wildman–Crippen MR) is 88.6 cm³/mol. The topological polar surface area (TPSA) is 39.0 Å². The molecule has 1 heterocycles. The van der Waals surface area contributed by atoms with Gasteiger partial charge in [-0.2, -0.15) is 0 Å². The van der Waals surface area contributed by atoms with E-state index in [1.54, 1.807) is 9.13 Å². The highest BCUT2D eigenvalue weighted by Crippen LogP contribution is 2.33. The molecule has 116 valence electrons. The summed E-state index contributed by atoms with van der Waals surface area (Å²) in [7, 11) is 3.65. The minimum Gasteiger partial charge on any atom is -0.309 e. The van der Waals surface area contributed by atoms with E-state index < -0.39 is 0 Å². The fourth-order valence-electron chi connectivity index (χ4n) is 2.92. The fraction of sp³-hybridized carbons (Fsp3) is 0.588. The second-order valence-corrected chi connectivity index (χ2v) is 6.90. The first kappa shape index (κ1) is 15.8. The van der Waals surface area contributed by atoms with E-state index in [0.29, 0.717) is 0 Å². The van der Waals surface area contributed by atoms with Crippen molar-refractivity contribution in [3.05, 3.63) is 34.2 Å². The first-order chi connectivity index (χ1) is 9.77. The number of aryl methyl sites for hydroxylation is 2. The number of benzene rings is 1. The molecule has 0 aliphatic heterocycles.